The van der Waals surface area contributed by atoms with Crippen molar-refractivity contribution in [2.45, 2.75) is 19.9 Å². The number of anilines is 1. The molecule has 0 aliphatic carbocycles. The van der Waals surface area contributed by atoms with Crippen LogP contribution in [-0.2, 0) is 9.59 Å². The molecule has 1 unspecified atom stereocenters. The zero-order valence-electron chi connectivity index (χ0n) is 9.96. The van der Waals surface area contributed by atoms with Crippen molar-refractivity contribution in [3.63, 3.8) is 0 Å². The number of amides is 2. The maximum absolute atomic E-state index is 12.2. The molecule has 0 radical (unpaired) electrons. The van der Waals surface area contributed by atoms with Crippen LogP contribution in [0.5, 0.6) is 0 Å². The van der Waals surface area contributed by atoms with Gasteiger partial charge in [-0.05, 0) is 19.1 Å². The van der Waals surface area contributed by atoms with Gasteiger partial charge in [0.05, 0.1) is 10.7 Å². The molecule has 0 fully saturated rings. The fourth-order valence-electron chi connectivity index (χ4n) is 2.15. The van der Waals surface area contributed by atoms with Gasteiger partial charge in [-0.2, -0.15) is 0 Å². The first-order valence-electron chi connectivity index (χ1n) is 5.53. The smallest absolute Gasteiger partial charge is 0.254 e. The quantitative estimate of drug-likeness (QED) is 0.908. The third-order valence-electron chi connectivity index (χ3n) is 2.85. The standard InChI is InChI=1S/C12H12Cl2N2O2/c1-3-16-11-8(14)5-4-7(13)9(11)10(12(16)18)15-6(2)17/h4-5,10H,3H2,1-2H3,(H,15,17). The summed E-state index contributed by atoms with van der Waals surface area (Å²) in [5.74, 6) is -0.494. The number of benzene rings is 1. The van der Waals surface area contributed by atoms with E-state index in [2.05, 4.69) is 5.32 Å². The first-order chi connectivity index (χ1) is 8.47. The highest BCUT2D eigenvalue weighted by atomic mass is 35.5. The van der Waals surface area contributed by atoms with Gasteiger partial charge in [-0.15, -0.1) is 0 Å². The predicted molar refractivity (Wildman–Crippen MR) is 71.0 cm³/mol. The van der Waals surface area contributed by atoms with Gasteiger partial charge in [-0.25, -0.2) is 0 Å². The number of fused-ring (bicyclic) bond motifs is 1. The second-order valence-electron chi connectivity index (χ2n) is 4.01. The lowest BCUT2D eigenvalue weighted by Crippen LogP contribution is -2.36. The third kappa shape index (κ3) is 1.95. The fraction of sp³-hybridized carbons (Fsp3) is 0.333. The van der Waals surface area contributed by atoms with Gasteiger partial charge in [0.25, 0.3) is 5.91 Å². The number of hydrogen-bond acceptors (Lipinski definition) is 2. The van der Waals surface area contributed by atoms with E-state index < -0.39 is 6.04 Å². The van der Waals surface area contributed by atoms with E-state index in [0.717, 1.165) is 0 Å². The second kappa shape index (κ2) is 4.78. The zero-order valence-corrected chi connectivity index (χ0v) is 11.5. The monoisotopic (exact) mass is 286 g/mol. The van der Waals surface area contributed by atoms with Crippen LogP contribution < -0.4 is 10.2 Å². The lowest BCUT2D eigenvalue weighted by Gasteiger charge is -2.16. The highest BCUT2D eigenvalue weighted by molar-refractivity contribution is 6.38. The van der Waals surface area contributed by atoms with Crippen molar-refractivity contribution in [2.75, 3.05) is 11.4 Å². The molecule has 0 bridgehead atoms. The van der Waals surface area contributed by atoms with E-state index in [1.807, 2.05) is 6.92 Å². The molecule has 1 aliphatic rings. The lowest BCUT2D eigenvalue weighted by atomic mass is 10.1. The normalized spacial score (nSPS) is 17.9. The Hall–Kier alpha value is -1.26. The molecule has 0 aromatic heterocycles. The average molecular weight is 287 g/mol. The van der Waals surface area contributed by atoms with E-state index in [-0.39, 0.29) is 11.8 Å². The minimum Gasteiger partial charge on any atom is -0.341 e. The molecule has 1 N–H and O–H groups in total. The Kier molecular flexibility index (Phi) is 3.50. The second-order valence-corrected chi connectivity index (χ2v) is 4.82. The Bertz CT molecular complexity index is 531. The van der Waals surface area contributed by atoms with Crippen LogP contribution in [0.1, 0.15) is 25.5 Å². The minimum absolute atomic E-state index is 0.210. The van der Waals surface area contributed by atoms with Gasteiger partial charge in [0.1, 0.15) is 6.04 Å². The van der Waals surface area contributed by atoms with E-state index in [1.54, 1.807) is 12.1 Å². The lowest BCUT2D eigenvalue weighted by molar-refractivity contribution is -0.126. The van der Waals surface area contributed by atoms with Gasteiger partial charge in [0.15, 0.2) is 0 Å². The van der Waals surface area contributed by atoms with Gasteiger partial charge in [0, 0.05) is 24.1 Å². The SMILES string of the molecule is CCN1C(=O)C(NC(C)=O)c2c(Cl)ccc(Cl)c21. The summed E-state index contributed by atoms with van der Waals surface area (Å²) in [5, 5.41) is 3.49. The maximum atomic E-state index is 12.2. The molecule has 1 atom stereocenters. The molecular formula is C12H12Cl2N2O2. The summed E-state index contributed by atoms with van der Waals surface area (Å²) in [5.41, 5.74) is 1.17. The fourth-order valence-corrected chi connectivity index (χ4v) is 2.67. The number of carbonyl (C=O) groups is 2. The molecule has 0 saturated heterocycles. The number of carbonyl (C=O) groups excluding carboxylic acids is 2. The van der Waals surface area contributed by atoms with Crippen molar-refractivity contribution in [3.8, 4) is 0 Å². The van der Waals surface area contributed by atoms with Crippen LogP contribution >= 0.6 is 23.2 Å². The van der Waals surface area contributed by atoms with Crippen LogP contribution in [0.3, 0.4) is 0 Å². The molecule has 0 spiro atoms. The summed E-state index contributed by atoms with van der Waals surface area (Å²) in [6.07, 6.45) is 0. The summed E-state index contributed by atoms with van der Waals surface area (Å²) in [6, 6.07) is 2.53. The van der Waals surface area contributed by atoms with Crippen molar-refractivity contribution in [1.29, 1.82) is 0 Å². The van der Waals surface area contributed by atoms with E-state index in [1.165, 1.54) is 11.8 Å². The molecule has 4 nitrogen and oxygen atoms in total. The average Bonchev–Trinajstić information content (AvgIpc) is 2.58. The van der Waals surface area contributed by atoms with Crippen molar-refractivity contribution in [3.05, 3.63) is 27.7 Å². The summed E-state index contributed by atoms with van der Waals surface area (Å²) in [4.78, 5) is 24.9. The summed E-state index contributed by atoms with van der Waals surface area (Å²) in [6.45, 7) is 3.68. The van der Waals surface area contributed by atoms with Crippen molar-refractivity contribution >= 4 is 40.7 Å². The molecule has 2 rings (SSSR count). The van der Waals surface area contributed by atoms with Crippen LogP contribution in [0.15, 0.2) is 12.1 Å². The topological polar surface area (TPSA) is 49.4 Å². The predicted octanol–water partition coefficient (Wildman–Crippen LogP) is 2.54. The molecule has 1 aliphatic heterocycles. The number of hydrogen-bond donors (Lipinski definition) is 1. The summed E-state index contributed by atoms with van der Waals surface area (Å²) >= 11 is 12.2. The van der Waals surface area contributed by atoms with Crippen molar-refractivity contribution in [2.24, 2.45) is 0 Å². The molecular weight excluding hydrogens is 275 g/mol. The largest absolute Gasteiger partial charge is 0.341 e. The van der Waals surface area contributed by atoms with Crippen molar-refractivity contribution < 1.29 is 9.59 Å². The van der Waals surface area contributed by atoms with E-state index in [0.29, 0.717) is 27.8 Å². The first kappa shape index (κ1) is 13.2. The number of halogens is 2. The van der Waals surface area contributed by atoms with E-state index in [4.69, 9.17) is 23.2 Å². The van der Waals surface area contributed by atoms with Crippen LogP contribution in [0.4, 0.5) is 5.69 Å². The highest BCUT2D eigenvalue weighted by Gasteiger charge is 2.40. The Morgan fingerprint density at radius 2 is 2.00 bits per heavy atom. The number of nitrogens with zero attached hydrogens (tertiary/aromatic N) is 1. The summed E-state index contributed by atoms with van der Waals surface area (Å²) < 4.78 is 0. The van der Waals surface area contributed by atoms with Gasteiger partial charge in [0.2, 0.25) is 5.91 Å². The van der Waals surface area contributed by atoms with Gasteiger partial charge >= 0.3 is 0 Å². The van der Waals surface area contributed by atoms with Crippen molar-refractivity contribution in [1.82, 2.24) is 5.32 Å². The maximum Gasteiger partial charge on any atom is 0.254 e. The van der Waals surface area contributed by atoms with Gasteiger partial charge in [-0.3, -0.25) is 9.59 Å². The zero-order chi connectivity index (χ0) is 13.4. The Morgan fingerprint density at radius 3 is 2.56 bits per heavy atom. The van der Waals surface area contributed by atoms with Crippen LogP contribution in [0.25, 0.3) is 0 Å². The Morgan fingerprint density at radius 1 is 1.39 bits per heavy atom. The van der Waals surface area contributed by atoms with Crippen LogP contribution in [0.2, 0.25) is 10.0 Å². The molecule has 6 heteroatoms. The van der Waals surface area contributed by atoms with Gasteiger partial charge in [-0.1, -0.05) is 23.2 Å². The Labute approximate surface area is 115 Å². The van der Waals surface area contributed by atoms with Crippen LogP contribution in [-0.4, -0.2) is 18.4 Å². The molecule has 18 heavy (non-hydrogen) atoms. The molecule has 1 aromatic carbocycles. The number of nitrogens with one attached hydrogen (secondary N) is 1. The minimum atomic E-state index is -0.747. The van der Waals surface area contributed by atoms with Gasteiger partial charge < -0.3 is 10.2 Å². The molecule has 2 amide bonds. The molecule has 0 saturated carbocycles. The summed E-state index contributed by atoms with van der Waals surface area (Å²) in [7, 11) is 0. The van der Waals surface area contributed by atoms with E-state index >= 15 is 0 Å². The number of rotatable bonds is 2. The highest BCUT2D eigenvalue weighted by Crippen LogP contribution is 2.44. The van der Waals surface area contributed by atoms with Crippen LogP contribution in [0, 0.1) is 0 Å². The first-order valence-corrected chi connectivity index (χ1v) is 6.29. The Balaban J connectivity index is 2.60. The number of likely N-dealkylation sites (N-methyl/N-ethyl adjacent to an activating group) is 1. The molecule has 1 heterocycles. The third-order valence-corrected chi connectivity index (χ3v) is 3.48. The molecule has 96 valence electrons. The molecule has 1 aromatic rings. The van der Waals surface area contributed by atoms with E-state index in [9.17, 15) is 9.59 Å².